The van der Waals surface area contributed by atoms with Gasteiger partial charge in [0.15, 0.2) is 4.90 Å². The molecule has 10 heteroatoms. The Kier molecular flexibility index (Phi) is 9.88. The highest BCUT2D eigenvalue weighted by Gasteiger charge is 2.41. The lowest BCUT2D eigenvalue weighted by Crippen LogP contribution is -2.53. The topological polar surface area (TPSA) is 107 Å². The number of ether oxygens (including phenoxy) is 3. The van der Waals surface area contributed by atoms with E-state index in [2.05, 4.69) is 10.2 Å². The minimum Gasteiger partial charge on any atom is -0.593 e. The number of likely N-dealkylation sites (tertiary alicyclic amines) is 1. The lowest BCUT2D eigenvalue weighted by molar-refractivity contribution is 0.0545. The zero-order chi connectivity index (χ0) is 28.1. The van der Waals surface area contributed by atoms with Gasteiger partial charge in [-0.1, -0.05) is 30.3 Å². The van der Waals surface area contributed by atoms with Gasteiger partial charge in [0.1, 0.15) is 11.9 Å². The van der Waals surface area contributed by atoms with Crippen molar-refractivity contribution >= 4 is 17.5 Å². The molecule has 40 heavy (non-hydrogen) atoms. The van der Waals surface area contributed by atoms with Crippen molar-refractivity contribution in [3.63, 3.8) is 0 Å². The molecule has 2 aromatic rings. The van der Waals surface area contributed by atoms with E-state index < -0.39 is 29.6 Å². The van der Waals surface area contributed by atoms with Crippen molar-refractivity contribution in [1.82, 2.24) is 14.5 Å². The first-order valence-corrected chi connectivity index (χ1v) is 15.3. The fourth-order valence-electron chi connectivity index (χ4n) is 6.14. The first kappa shape index (κ1) is 29.2. The van der Waals surface area contributed by atoms with Gasteiger partial charge in [-0.15, -0.1) is 4.31 Å². The minimum absolute atomic E-state index is 0.00445. The molecule has 218 valence electrons. The van der Waals surface area contributed by atoms with Gasteiger partial charge in [0, 0.05) is 19.6 Å². The molecule has 1 amide bonds. The number of aliphatic hydroxyl groups excluding tert-OH is 1. The maximum atomic E-state index is 13.8. The van der Waals surface area contributed by atoms with E-state index in [1.807, 2.05) is 41.7 Å². The van der Waals surface area contributed by atoms with E-state index >= 15 is 0 Å². The summed E-state index contributed by atoms with van der Waals surface area (Å²) < 4.78 is 32.5. The number of likely N-dealkylation sites (N-methyl/N-ethyl adjacent to an activating group) is 1. The molecule has 0 aromatic heterocycles. The van der Waals surface area contributed by atoms with E-state index in [1.54, 1.807) is 31.4 Å². The zero-order valence-corrected chi connectivity index (χ0v) is 24.1. The van der Waals surface area contributed by atoms with E-state index in [0.29, 0.717) is 29.4 Å². The van der Waals surface area contributed by atoms with Crippen LogP contribution in [0.15, 0.2) is 59.5 Å². The highest BCUT2D eigenvalue weighted by atomic mass is 32.2. The quantitative estimate of drug-likeness (QED) is 0.397. The van der Waals surface area contributed by atoms with E-state index in [9.17, 15) is 14.5 Å². The van der Waals surface area contributed by atoms with E-state index in [-0.39, 0.29) is 24.8 Å². The van der Waals surface area contributed by atoms with Crippen molar-refractivity contribution in [1.29, 1.82) is 0 Å². The second-order valence-corrected chi connectivity index (χ2v) is 12.6. The lowest BCUT2D eigenvalue weighted by atomic mass is 10.0. The van der Waals surface area contributed by atoms with Gasteiger partial charge in [-0.3, -0.25) is 0 Å². The van der Waals surface area contributed by atoms with Crippen LogP contribution in [0, 0.1) is 5.92 Å². The number of amides is 1. The molecule has 1 saturated carbocycles. The Bertz CT molecular complexity index is 1080. The van der Waals surface area contributed by atoms with Crippen LogP contribution in [0.5, 0.6) is 5.75 Å². The van der Waals surface area contributed by atoms with Crippen molar-refractivity contribution in [3.05, 3.63) is 60.2 Å². The van der Waals surface area contributed by atoms with Gasteiger partial charge in [-0.05, 0) is 75.0 Å². The number of hydrogen-bond donors (Lipinski definition) is 2. The van der Waals surface area contributed by atoms with Crippen LogP contribution in [0.2, 0.25) is 0 Å². The Morgan fingerprint density at radius 2 is 1.98 bits per heavy atom. The smallest absolute Gasteiger partial charge is 0.407 e. The number of carbonyl (C=O) groups is 1. The Hall–Kier alpha value is -2.34. The summed E-state index contributed by atoms with van der Waals surface area (Å²) in [5.74, 6) is 1.14. The summed E-state index contributed by atoms with van der Waals surface area (Å²) in [5, 5.41) is 14.5. The maximum absolute atomic E-state index is 13.8. The fourth-order valence-corrected chi connectivity index (χ4v) is 7.51. The zero-order valence-electron chi connectivity index (χ0n) is 23.3. The second-order valence-electron chi connectivity index (χ2n) is 11.2. The highest BCUT2D eigenvalue weighted by Crippen LogP contribution is 2.37. The third-order valence-corrected chi connectivity index (χ3v) is 9.91. The molecule has 2 N–H and O–H groups in total. The summed E-state index contributed by atoms with van der Waals surface area (Å²) >= 11 is -1.51. The number of carbonyl (C=O) groups excluding carboxylic acids is 1. The minimum atomic E-state index is -1.51. The van der Waals surface area contributed by atoms with E-state index in [0.717, 1.165) is 44.5 Å². The van der Waals surface area contributed by atoms with Crippen molar-refractivity contribution in [2.45, 2.75) is 67.4 Å². The Morgan fingerprint density at radius 3 is 2.65 bits per heavy atom. The average molecular weight is 572 g/mol. The third kappa shape index (κ3) is 7.29. The molecule has 1 aliphatic carbocycles. The molecule has 1 unspecified atom stereocenters. The number of methoxy groups -OCH3 is 1. The van der Waals surface area contributed by atoms with Gasteiger partial charge in [-0.2, -0.15) is 0 Å². The number of hydrogen-bond acceptors (Lipinski definition) is 8. The fraction of sp³-hybridized carbons (Fsp3) is 0.567. The Morgan fingerprint density at radius 1 is 1.20 bits per heavy atom. The first-order valence-electron chi connectivity index (χ1n) is 14.2. The molecular formula is C30H41N3O6S. The third-order valence-electron chi connectivity index (χ3n) is 8.36. The van der Waals surface area contributed by atoms with Crippen molar-refractivity contribution < 1.29 is 28.7 Å². The summed E-state index contributed by atoms with van der Waals surface area (Å²) in [4.78, 5) is 15.9. The molecule has 0 radical (unpaired) electrons. The van der Waals surface area contributed by atoms with Gasteiger partial charge in [-0.25, -0.2) is 4.79 Å². The highest BCUT2D eigenvalue weighted by molar-refractivity contribution is 7.89. The van der Waals surface area contributed by atoms with Gasteiger partial charge in [0.2, 0.25) is 0 Å². The number of nitrogens with one attached hydrogen (secondary N) is 1. The van der Waals surface area contributed by atoms with Crippen LogP contribution in [0.25, 0.3) is 0 Å². The number of nitrogens with zero attached hydrogens (tertiary/aromatic N) is 2. The van der Waals surface area contributed by atoms with Crippen molar-refractivity contribution in [2.24, 2.45) is 5.92 Å². The van der Waals surface area contributed by atoms with Crippen molar-refractivity contribution in [2.75, 3.05) is 40.4 Å². The summed E-state index contributed by atoms with van der Waals surface area (Å²) in [6, 6.07) is 16.3. The first-order chi connectivity index (χ1) is 19.4. The van der Waals surface area contributed by atoms with Crippen molar-refractivity contribution in [3.8, 4) is 5.75 Å². The number of alkyl carbamates (subject to hydrolysis) is 1. The second kappa shape index (κ2) is 13.5. The number of aliphatic hydroxyl groups is 1. The summed E-state index contributed by atoms with van der Waals surface area (Å²) in [6.07, 6.45) is 2.29. The van der Waals surface area contributed by atoms with Crippen LogP contribution in [-0.4, -0.2) is 95.8 Å². The molecule has 5 rings (SSSR count). The molecule has 9 nitrogen and oxygen atoms in total. The number of benzene rings is 2. The standard InChI is InChI=1S/C30H41N3O6S/c1-32-14-12-23(19-32)33(40(36)26-10-8-24(37-2)9-11-26)20-28(34)27(16-21-6-4-3-5-7-21)31-30(35)39-25-17-22-13-15-38-29(22)18-25/h3-11,22-23,25,27-29,34H,12-20H2,1-2H3,(H,31,35)/t22-,23+,25+,27-,28+,29+,40?/m0/s1. The normalized spacial score (nSPS) is 26.8. The Balaban J connectivity index is 1.30. The average Bonchev–Trinajstić information content (AvgIpc) is 3.68. The predicted octanol–water partition coefficient (Wildman–Crippen LogP) is 2.99. The molecule has 0 spiro atoms. The summed E-state index contributed by atoms with van der Waals surface area (Å²) in [6.45, 7) is 2.56. The molecule has 0 bridgehead atoms. The molecule has 7 atom stereocenters. The summed E-state index contributed by atoms with van der Waals surface area (Å²) in [5.41, 5.74) is 0.985. The summed E-state index contributed by atoms with van der Waals surface area (Å²) in [7, 11) is 3.64. The van der Waals surface area contributed by atoms with Crippen LogP contribution in [0.1, 0.15) is 31.2 Å². The van der Waals surface area contributed by atoms with Gasteiger partial charge < -0.3 is 34.1 Å². The van der Waals surface area contributed by atoms with Gasteiger partial charge >= 0.3 is 6.09 Å². The molecule has 2 aliphatic heterocycles. The van der Waals surface area contributed by atoms with Crippen LogP contribution < -0.4 is 10.1 Å². The molecular weight excluding hydrogens is 530 g/mol. The van der Waals surface area contributed by atoms with Gasteiger partial charge in [0.25, 0.3) is 0 Å². The number of rotatable bonds is 11. The van der Waals surface area contributed by atoms with Crippen LogP contribution >= 0.6 is 0 Å². The SMILES string of the molecule is COc1ccc([S+]([O-])N(C[C@@H](O)[C@H](Cc2ccccc2)NC(=O)O[C@@H]2C[C@@H]3CCO[C@@H]3C2)[C@@H]2CCN(C)C2)cc1. The van der Waals surface area contributed by atoms with Crippen LogP contribution in [0.4, 0.5) is 4.79 Å². The molecule has 2 saturated heterocycles. The molecule has 3 aliphatic rings. The van der Waals surface area contributed by atoms with E-state index in [4.69, 9.17) is 14.2 Å². The monoisotopic (exact) mass is 571 g/mol. The lowest BCUT2D eigenvalue weighted by Gasteiger charge is -2.33. The largest absolute Gasteiger partial charge is 0.593 e. The molecule has 3 fully saturated rings. The number of fused-ring (bicyclic) bond motifs is 1. The van der Waals surface area contributed by atoms with E-state index in [1.165, 1.54) is 0 Å². The molecule has 2 aromatic carbocycles. The molecule has 2 heterocycles. The predicted molar refractivity (Wildman–Crippen MR) is 152 cm³/mol. The van der Waals surface area contributed by atoms with Crippen LogP contribution in [0.3, 0.4) is 0 Å². The van der Waals surface area contributed by atoms with Gasteiger partial charge in [0.05, 0.1) is 49.3 Å². The van der Waals surface area contributed by atoms with Crippen LogP contribution in [-0.2, 0) is 27.3 Å². The maximum Gasteiger partial charge on any atom is 0.407 e. The Labute approximate surface area is 240 Å².